The second-order valence-electron chi connectivity index (χ2n) is 5.28. The van der Waals surface area contributed by atoms with E-state index in [0.717, 1.165) is 27.2 Å². The molecule has 1 fully saturated rings. The number of hydrogen-bond donors (Lipinski definition) is 0. The number of carbonyl (C=O) groups excluding carboxylic acids is 3. The number of aryl methyl sites for hydroxylation is 1. The van der Waals surface area contributed by atoms with Crippen molar-refractivity contribution in [2.45, 2.75) is 17.3 Å². The van der Waals surface area contributed by atoms with Crippen molar-refractivity contribution in [1.82, 2.24) is 24.6 Å². The summed E-state index contributed by atoms with van der Waals surface area (Å²) in [5.74, 6) is -0.487. The van der Waals surface area contributed by atoms with E-state index in [9.17, 15) is 14.4 Å². The quantitative estimate of drug-likeness (QED) is 0.774. The van der Waals surface area contributed by atoms with Gasteiger partial charge in [-0.25, -0.2) is 4.79 Å². The van der Waals surface area contributed by atoms with Gasteiger partial charge in [-0.3, -0.25) is 24.0 Å². The molecule has 1 aliphatic heterocycles. The van der Waals surface area contributed by atoms with E-state index in [4.69, 9.17) is 0 Å². The molecule has 0 atom stereocenters. The van der Waals surface area contributed by atoms with Crippen molar-refractivity contribution in [3.05, 3.63) is 36.2 Å². The molecule has 4 amide bonds. The number of aromatic nitrogens is 3. The van der Waals surface area contributed by atoms with Gasteiger partial charge in [0, 0.05) is 19.8 Å². The van der Waals surface area contributed by atoms with Crippen LogP contribution in [0.4, 0.5) is 4.79 Å². The smallest absolute Gasteiger partial charge is 0.274 e. The second kappa shape index (κ2) is 6.08. The summed E-state index contributed by atoms with van der Waals surface area (Å²) in [5, 5.41) is 7.46. The Kier molecular flexibility index (Phi) is 4.10. The molecule has 8 nitrogen and oxygen atoms in total. The molecule has 2 heterocycles. The minimum absolute atomic E-state index is 0.418. The van der Waals surface area contributed by atoms with E-state index < -0.39 is 23.1 Å². The van der Waals surface area contributed by atoms with E-state index in [1.807, 2.05) is 30.3 Å². The van der Waals surface area contributed by atoms with Crippen molar-refractivity contribution in [3.63, 3.8) is 0 Å². The number of rotatable bonds is 3. The first kappa shape index (κ1) is 16.2. The van der Waals surface area contributed by atoms with Crippen molar-refractivity contribution in [1.29, 1.82) is 0 Å². The number of para-hydroxylation sites is 1. The van der Waals surface area contributed by atoms with Gasteiger partial charge < -0.3 is 0 Å². The van der Waals surface area contributed by atoms with Crippen molar-refractivity contribution in [3.8, 4) is 5.69 Å². The lowest BCUT2D eigenvalue weighted by atomic mass is 10.3. The lowest BCUT2D eigenvalue weighted by molar-refractivity contribution is -0.139. The molecule has 0 spiro atoms. The molecule has 0 saturated carbocycles. The van der Waals surface area contributed by atoms with Crippen LogP contribution >= 0.6 is 11.8 Å². The van der Waals surface area contributed by atoms with Gasteiger partial charge in [-0.15, -0.1) is 10.2 Å². The number of imide groups is 2. The third kappa shape index (κ3) is 2.56. The SMILES string of the molecule is Cc1nnc(SC2C(=O)N(C)C(=O)N(C)C2=O)n1-c1ccccc1. The van der Waals surface area contributed by atoms with Crippen LogP contribution in [0.3, 0.4) is 0 Å². The molecule has 1 aliphatic rings. The topological polar surface area (TPSA) is 88.4 Å². The van der Waals surface area contributed by atoms with Gasteiger partial charge in [-0.2, -0.15) is 0 Å². The number of barbiturate groups is 1. The van der Waals surface area contributed by atoms with Crippen molar-refractivity contribution >= 4 is 29.6 Å². The van der Waals surface area contributed by atoms with Crippen LogP contribution in [-0.4, -0.2) is 61.8 Å². The van der Waals surface area contributed by atoms with E-state index in [1.165, 1.54) is 14.1 Å². The van der Waals surface area contributed by atoms with Gasteiger partial charge in [0.25, 0.3) is 11.8 Å². The van der Waals surface area contributed by atoms with Gasteiger partial charge in [-0.1, -0.05) is 30.0 Å². The van der Waals surface area contributed by atoms with E-state index >= 15 is 0 Å². The van der Waals surface area contributed by atoms with Crippen LogP contribution in [0.5, 0.6) is 0 Å². The number of thioether (sulfide) groups is 1. The predicted octanol–water partition coefficient (Wildman–Crippen LogP) is 1.09. The summed E-state index contributed by atoms with van der Waals surface area (Å²) >= 11 is 0.987. The maximum absolute atomic E-state index is 12.3. The highest BCUT2D eigenvalue weighted by Crippen LogP contribution is 2.29. The van der Waals surface area contributed by atoms with Crippen LogP contribution in [-0.2, 0) is 9.59 Å². The Morgan fingerprint density at radius 2 is 1.54 bits per heavy atom. The Labute approximate surface area is 142 Å². The molecule has 0 bridgehead atoms. The Balaban J connectivity index is 1.96. The first-order valence-electron chi connectivity index (χ1n) is 7.15. The van der Waals surface area contributed by atoms with Crippen LogP contribution in [0.1, 0.15) is 5.82 Å². The molecule has 0 aliphatic carbocycles. The number of hydrogen-bond acceptors (Lipinski definition) is 6. The molecule has 0 radical (unpaired) electrons. The van der Waals surface area contributed by atoms with Gasteiger partial charge >= 0.3 is 6.03 Å². The summed E-state index contributed by atoms with van der Waals surface area (Å²) in [7, 11) is 2.71. The summed E-state index contributed by atoms with van der Waals surface area (Å²) < 4.78 is 1.77. The van der Waals surface area contributed by atoms with Gasteiger partial charge in [-0.05, 0) is 19.1 Å². The fourth-order valence-corrected chi connectivity index (χ4v) is 3.53. The third-order valence-corrected chi connectivity index (χ3v) is 4.83. The van der Waals surface area contributed by atoms with E-state index in [-0.39, 0.29) is 0 Å². The molecule has 9 heteroatoms. The Morgan fingerprint density at radius 3 is 2.12 bits per heavy atom. The Hall–Kier alpha value is -2.68. The van der Waals surface area contributed by atoms with Crippen LogP contribution < -0.4 is 0 Å². The summed E-state index contributed by atoms with van der Waals surface area (Å²) in [6, 6.07) is 8.77. The molecule has 1 saturated heterocycles. The zero-order valence-corrected chi connectivity index (χ0v) is 14.1. The van der Waals surface area contributed by atoms with Gasteiger partial charge in [0.15, 0.2) is 10.4 Å². The van der Waals surface area contributed by atoms with E-state index in [2.05, 4.69) is 10.2 Å². The highest BCUT2D eigenvalue weighted by Gasteiger charge is 2.44. The summed E-state index contributed by atoms with van der Waals surface area (Å²) in [6.45, 7) is 1.79. The van der Waals surface area contributed by atoms with Crippen LogP contribution in [0.2, 0.25) is 0 Å². The molecule has 3 rings (SSSR count). The standard InChI is InChI=1S/C15H15N5O3S/c1-9-16-17-14(20(9)10-7-5-4-6-8-10)24-11-12(21)18(2)15(23)19(3)13(11)22/h4-8,11H,1-3H3. The number of nitrogens with zero attached hydrogens (tertiary/aromatic N) is 5. The zero-order chi connectivity index (χ0) is 17.4. The summed E-state index contributed by atoms with van der Waals surface area (Å²) in [6.07, 6.45) is 0. The highest BCUT2D eigenvalue weighted by molar-refractivity contribution is 8.01. The first-order chi connectivity index (χ1) is 11.4. The largest absolute Gasteiger partial charge is 0.332 e. The highest BCUT2D eigenvalue weighted by atomic mass is 32.2. The molecule has 124 valence electrons. The molecular weight excluding hydrogens is 330 g/mol. The molecule has 0 unspecified atom stereocenters. The molecule has 1 aromatic carbocycles. The van der Waals surface area contributed by atoms with E-state index in [0.29, 0.717) is 11.0 Å². The maximum atomic E-state index is 12.3. The normalized spacial score (nSPS) is 16.2. The zero-order valence-electron chi connectivity index (χ0n) is 13.3. The monoisotopic (exact) mass is 345 g/mol. The Morgan fingerprint density at radius 1 is 0.958 bits per heavy atom. The fraction of sp³-hybridized carbons (Fsp3) is 0.267. The van der Waals surface area contributed by atoms with Gasteiger partial charge in [0.05, 0.1) is 0 Å². The lowest BCUT2D eigenvalue weighted by Crippen LogP contribution is -2.58. The molecule has 24 heavy (non-hydrogen) atoms. The summed E-state index contributed by atoms with van der Waals surface area (Å²) in [5.41, 5.74) is 0.830. The van der Waals surface area contributed by atoms with Crippen LogP contribution in [0.25, 0.3) is 5.69 Å². The number of urea groups is 1. The van der Waals surface area contributed by atoms with Gasteiger partial charge in [0.2, 0.25) is 0 Å². The molecule has 0 N–H and O–H groups in total. The van der Waals surface area contributed by atoms with Crippen molar-refractivity contribution in [2.75, 3.05) is 14.1 Å². The van der Waals surface area contributed by atoms with Crippen LogP contribution in [0, 0.1) is 6.92 Å². The molecular formula is C15H15N5O3S. The number of benzene rings is 1. The van der Waals surface area contributed by atoms with Crippen molar-refractivity contribution < 1.29 is 14.4 Å². The van der Waals surface area contributed by atoms with Crippen molar-refractivity contribution in [2.24, 2.45) is 0 Å². The molecule has 2 aromatic rings. The number of carbonyl (C=O) groups is 3. The van der Waals surface area contributed by atoms with Crippen LogP contribution in [0.15, 0.2) is 35.5 Å². The average molecular weight is 345 g/mol. The molecule has 1 aromatic heterocycles. The maximum Gasteiger partial charge on any atom is 0.332 e. The van der Waals surface area contributed by atoms with Gasteiger partial charge in [0.1, 0.15) is 5.82 Å². The minimum Gasteiger partial charge on any atom is -0.274 e. The third-order valence-electron chi connectivity index (χ3n) is 3.72. The summed E-state index contributed by atoms with van der Waals surface area (Å²) in [4.78, 5) is 38.3. The Bertz CT molecular complexity index is 796. The second-order valence-corrected chi connectivity index (χ2v) is 6.35. The fourth-order valence-electron chi connectivity index (χ4n) is 2.37. The van der Waals surface area contributed by atoms with E-state index in [1.54, 1.807) is 11.5 Å². The predicted molar refractivity (Wildman–Crippen MR) is 86.7 cm³/mol. The minimum atomic E-state index is -1.07. The first-order valence-corrected chi connectivity index (χ1v) is 8.03. The lowest BCUT2D eigenvalue weighted by Gasteiger charge is -2.32. The average Bonchev–Trinajstić information content (AvgIpc) is 2.96. The number of amides is 4.